The molecule has 2 fully saturated rings. The number of rotatable bonds is 3. The van der Waals surface area contributed by atoms with Gasteiger partial charge in [-0.1, -0.05) is 31.4 Å². The van der Waals surface area contributed by atoms with Crippen molar-refractivity contribution in [2.45, 2.75) is 32.1 Å². The number of amides is 2. The molecule has 0 bridgehead atoms. The van der Waals surface area contributed by atoms with Crippen molar-refractivity contribution in [2.75, 3.05) is 19.6 Å². The molecule has 0 radical (unpaired) electrons. The van der Waals surface area contributed by atoms with Crippen molar-refractivity contribution >= 4 is 22.7 Å². The number of nitrogens with zero attached hydrogens (tertiary/aromatic N) is 1. The third-order valence-corrected chi connectivity index (χ3v) is 6.08. The fraction of sp³-hybridized carbons (Fsp3) is 0.476. The highest BCUT2D eigenvalue weighted by Crippen LogP contribution is 2.35. The lowest BCUT2D eigenvalue weighted by Crippen LogP contribution is -2.48. The fourth-order valence-electron chi connectivity index (χ4n) is 4.53. The number of carbonyl (C=O) groups is 2. The molecule has 142 valence electrons. The Labute approximate surface area is 157 Å². The van der Waals surface area contributed by atoms with Crippen molar-refractivity contribution in [2.24, 2.45) is 11.8 Å². The standard InChI is InChI=1S/C21H25N3O3/c25-19(24-10-9-14-5-1-2-6-15(14)13-24)12-23-21(27)17-11-22-18-8-4-3-7-16(18)20(17)26/h3-4,7-8,11,14-15H,1-2,5-6,9-10,12-13H2,(H,22,26)(H,23,27)/t14-,15+/m0/s1. The monoisotopic (exact) mass is 367 g/mol. The molecular formula is C21H25N3O3. The molecule has 2 atom stereocenters. The molecule has 2 amide bonds. The van der Waals surface area contributed by atoms with E-state index in [0.717, 1.165) is 25.4 Å². The molecule has 4 rings (SSSR count). The number of nitrogens with one attached hydrogen (secondary N) is 2. The van der Waals surface area contributed by atoms with Crippen LogP contribution in [0.25, 0.3) is 10.9 Å². The maximum absolute atomic E-state index is 12.5. The number of benzene rings is 1. The zero-order valence-corrected chi connectivity index (χ0v) is 15.4. The summed E-state index contributed by atoms with van der Waals surface area (Å²) in [6.45, 7) is 1.50. The van der Waals surface area contributed by atoms with Crippen LogP contribution in [0.4, 0.5) is 0 Å². The second-order valence-corrected chi connectivity index (χ2v) is 7.69. The van der Waals surface area contributed by atoms with E-state index in [9.17, 15) is 14.4 Å². The molecule has 1 aromatic heterocycles. The van der Waals surface area contributed by atoms with Crippen LogP contribution in [0, 0.1) is 11.8 Å². The van der Waals surface area contributed by atoms with E-state index in [2.05, 4.69) is 10.3 Å². The van der Waals surface area contributed by atoms with E-state index >= 15 is 0 Å². The summed E-state index contributed by atoms with van der Waals surface area (Å²) in [5.41, 5.74) is 0.398. The van der Waals surface area contributed by atoms with Crippen LogP contribution in [-0.2, 0) is 4.79 Å². The largest absolute Gasteiger partial charge is 0.360 e. The molecule has 2 aliphatic rings. The van der Waals surface area contributed by atoms with E-state index in [-0.39, 0.29) is 23.4 Å². The smallest absolute Gasteiger partial charge is 0.257 e. The van der Waals surface area contributed by atoms with Gasteiger partial charge in [0.2, 0.25) is 11.3 Å². The highest BCUT2D eigenvalue weighted by Gasteiger charge is 2.32. The molecule has 1 aromatic carbocycles. The van der Waals surface area contributed by atoms with Gasteiger partial charge in [0, 0.05) is 30.2 Å². The Bertz CT molecular complexity index is 920. The molecule has 1 saturated carbocycles. The average Bonchev–Trinajstić information content (AvgIpc) is 2.72. The SMILES string of the molecule is O=C(NCC(=O)N1CC[C@@H]2CCCC[C@@H]2C1)c1c[nH]c2ccccc2c1=O. The first-order chi connectivity index (χ1) is 13.1. The summed E-state index contributed by atoms with van der Waals surface area (Å²) in [4.78, 5) is 42.3. The number of hydrogen-bond donors (Lipinski definition) is 2. The Balaban J connectivity index is 1.38. The minimum atomic E-state index is -0.511. The third-order valence-electron chi connectivity index (χ3n) is 6.08. The summed E-state index contributed by atoms with van der Waals surface area (Å²) in [6, 6.07) is 7.06. The molecule has 1 saturated heterocycles. The van der Waals surface area contributed by atoms with Crippen LogP contribution in [0.15, 0.2) is 35.3 Å². The lowest BCUT2D eigenvalue weighted by atomic mass is 9.75. The van der Waals surface area contributed by atoms with Crippen molar-refractivity contribution in [3.63, 3.8) is 0 Å². The molecule has 6 heteroatoms. The van der Waals surface area contributed by atoms with E-state index < -0.39 is 5.91 Å². The summed E-state index contributed by atoms with van der Waals surface area (Å²) in [6.07, 6.45) is 7.53. The number of carbonyl (C=O) groups excluding carboxylic acids is 2. The van der Waals surface area contributed by atoms with Gasteiger partial charge in [-0.25, -0.2) is 0 Å². The number of fused-ring (bicyclic) bond motifs is 2. The maximum atomic E-state index is 12.5. The van der Waals surface area contributed by atoms with Gasteiger partial charge in [-0.05, 0) is 36.8 Å². The quantitative estimate of drug-likeness (QED) is 0.873. The van der Waals surface area contributed by atoms with E-state index in [1.54, 1.807) is 18.2 Å². The van der Waals surface area contributed by atoms with Crippen LogP contribution in [-0.4, -0.2) is 41.3 Å². The van der Waals surface area contributed by atoms with Crippen LogP contribution in [0.3, 0.4) is 0 Å². The number of H-pyrrole nitrogens is 1. The number of aromatic amines is 1. The van der Waals surface area contributed by atoms with Gasteiger partial charge in [-0.3, -0.25) is 14.4 Å². The Morgan fingerprint density at radius 3 is 2.74 bits per heavy atom. The van der Waals surface area contributed by atoms with Gasteiger partial charge in [0.05, 0.1) is 6.54 Å². The number of piperidine rings is 1. The topological polar surface area (TPSA) is 82.3 Å². The van der Waals surface area contributed by atoms with Crippen molar-refractivity contribution in [3.8, 4) is 0 Å². The predicted octanol–water partition coefficient (Wildman–Crippen LogP) is 2.30. The predicted molar refractivity (Wildman–Crippen MR) is 104 cm³/mol. The maximum Gasteiger partial charge on any atom is 0.257 e. The van der Waals surface area contributed by atoms with E-state index in [1.807, 2.05) is 11.0 Å². The molecule has 27 heavy (non-hydrogen) atoms. The van der Waals surface area contributed by atoms with Gasteiger partial charge in [-0.15, -0.1) is 0 Å². The molecule has 2 heterocycles. The molecule has 2 N–H and O–H groups in total. The van der Waals surface area contributed by atoms with Gasteiger partial charge in [-0.2, -0.15) is 0 Å². The highest BCUT2D eigenvalue weighted by atomic mass is 16.2. The van der Waals surface area contributed by atoms with Crippen LogP contribution >= 0.6 is 0 Å². The first-order valence-corrected chi connectivity index (χ1v) is 9.80. The number of likely N-dealkylation sites (tertiary alicyclic amines) is 1. The zero-order chi connectivity index (χ0) is 18.8. The Kier molecular flexibility index (Phi) is 4.97. The molecular weight excluding hydrogens is 342 g/mol. The molecule has 1 aliphatic carbocycles. The molecule has 0 spiro atoms. The Morgan fingerprint density at radius 2 is 1.89 bits per heavy atom. The number of para-hydroxylation sites is 1. The van der Waals surface area contributed by atoms with Gasteiger partial charge in [0.15, 0.2) is 0 Å². The van der Waals surface area contributed by atoms with Crippen LogP contribution in [0.2, 0.25) is 0 Å². The van der Waals surface area contributed by atoms with Gasteiger partial charge >= 0.3 is 0 Å². The minimum Gasteiger partial charge on any atom is -0.360 e. The normalized spacial score (nSPS) is 22.3. The first kappa shape index (κ1) is 17.8. The van der Waals surface area contributed by atoms with Crippen LogP contribution in [0.5, 0.6) is 0 Å². The van der Waals surface area contributed by atoms with Crippen molar-refractivity contribution in [1.29, 1.82) is 0 Å². The van der Waals surface area contributed by atoms with Crippen molar-refractivity contribution in [1.82, 2.24) is 15.2 Å². The second-order valence-electron chi connectivity index (χ2n) is 7.69. The zero-order valence-electron chi connectivity index (χ0n) is 15.4. The summed E-state index contributed by atoms with van der Waals surface area (Å²) >= 11 is 0. The summed E-state index contributed by atoms with van der Waals surface area (Å²) in [7, 11) is 0. The second kappa shape index (κ2) is 7.55. The molecule has 0 unspecified atom stereocenters. The summed E-state index contributed by atoms with van der Waals surface area (Å²) in [5, 5.41) is 3.09. The van der Waals surface area contributed by atoms with Crippen molar-refractivity contribution < 1.29 is 9.59 Å². The van der Waals surface area contributed by atoms with Gasteiger partial charge in [0.25, 0.3) is 5.91 Å². The number of hydrogen-bond acceptors (Lipinski definition) is 3. The lowest BCUT2D eigenvalue weighted by molar-refractivity contribution is -0.133. The Hall–Kier alpha value is -2.63. The summed E-state index contributed by atoms with van der Waals surface area (Å²) < 4.78 is 0. The average molecular weight is 367 g/mol. The molecule has 2 aromatic rings. The lowest BCUT2D eigenvalue weighted by Gasteiger charge is -2.41. The highest BCUT2D eigenvalue weighted by molar-refractivity contribution is 5.98. The number of pyridine rings is 1. The third kappa shape index (κ3) is 3.61. The van der Waals surface area contributed by atoms with Gasteiger partial charge in [0.1, 0.15) is 5.56 Å². The Morgan fingerprint density at radius 1 is 1.11 bits per heavy atom. The molecule has 6 nitrogen and oxygen atoms in total. The first-order valence-electron chi connectivity index (χ1n) is 9.80. The fourth-order valence-corrected chi connectivity index (χ4v) is 4.53. The van der Waals surface area contributed by atoms with Crippen LogP contribution in [0.1, 0.15) is 42.5 Å². The van der Waals surface area contributed by atoms with Crippen molar-refractivity contribution in [3.05, 3.63) is 46.2 Å². The van der Waals surface area contributed by atoms with E-state index in [0.29, 0.717) is 16.8 Å². The van der Waals surface area contributed by atoms with Gasteiger partial charge < -0.3 is 15.2 Å². The van der Waals surface area contributed by atoms with E-state index in [4.69, 9.17) is 0 Å². The van der Waals surface area contributed by atoms with Crippen LogP contribution < -0.4 is 10.7 Å². The van der Waals surface area contributed by atoms with E-state index in [1.165, 1.54) is 31.9 Å². The summed E-state index contributed by atoms with van der Waals surface area (Å²) in [5.74, 6) is 0.788. The molecule has 1 aliphatic heterocycles. The number of aromatic nitrogens is 1. The minimum absolute atomic E-state index is 0.0347.